The van der Waals surface area contributed by atoms with Crippen LogP contribution >= 0.6 is 0 Å². The Morgan fingerprint density at radius 1 is 1.14 bits per heavy atom. The number of sulfonamides is 1. The highest BCUT2D eigenvalue weighted by atomic mass is 32.2. The monoisotopic (exact) mass is 310 g/mol. The average molecular weight is 310 g/mol. The summed E-state index contributed by atoms with van der Waals surface area (Å²) in [7, 11) is -1.41. The van der Waals surface area contributed by atoms with Crippen LogP contribution in [0, 0.1) is 0 Å². The number of hydrogen-bond acceptors (Lipinski definition) is 3. The Balaban J connectivity index is 2.24. The Morgan fingerprint density at radius 3 is 2.29 bits per heavy atom. The lowest BCUT2D eigenvalue weighted by atomic mass is 10.0. The van der Waals surface area contributed by atoms with Gasteiger partial charge >= 0.3 is 0 Å². The zero-order valence-corrected chi connectivity index (χ0v) is 14.0. The van der Waals surface area contributed by atoms with Crippen molar-refractivity contribution >= 4 is 10.0 Å². The first-order valence-electron chi connectivity index (χ1n) is 7.82. The molecule has 2 rings (SSSR count). The predicted octanol–water partition coefficient (Wildman–Crippen LogP) is 2.18. The standard InChI is InChI=1S/C16H26N2O2S/c1-4-13-6-7-16(12-14(13)5-2)21(19,20)18-10-8-15(17-3)9-11-18/h6-7,12,15,17H,4-5,8-11H2,1-3H3. The van der Waals surface area contributed by atoms with Crippen LogP contribution in [0.4, 0.5) is 0 Å². The molecule has 0 aliphatic carbocycles. The Hall–Kier alpha value is -0.910. The van der Waals surface area contributed by atoms with E-state index in [1.807, 2.05) is 19.2 Å². The van der Waals surface area contributed by atoms with Crippen LogP contribution in [0.2, 0.25) is 0 Å². The van der Waals surface area contributed by atoms with Crippen molar-refractivity contribution in [3.05, 3.63) is 29.3 Å². The van der Waals surface area contributed by atoms with Crippen molar-refractivity contribution in [2.24, 2.45) is 0 Å². The highest BCUT2D eigenvalue weighted by Gasteiger charge is 2.29. The minimum absolute atomic E-state index is 0.435. The maximum Gasteiger partial charge on any atom is 0.243 e. The maximum absolute atomic E-state index is 12.8. The van der Waals surface area contributed by atoms with Crippen LogP contribution in [-0.4, -0.2) is 38.9 Å². The molecule has 1 aliphatic heterocycles. The number of nitrogens with zero attached hydrogens (tertiary/aromatic N) is 1. The molecular formula is C16H26N2O2S. The van der Waals surface area contributed by atoms with E-state index in [2.05, 4.69) is 19.2 Å². The quantitative estimate of drug-likeness (QED) is 0.907. The summed E-state index contributed by atoms with van der Waals surface area (Å²) in [5.74, 6) is 0. The van der Waals surface area contributed by atoms with Crippen LogP contribution in [0.15, 0.2) is 23.1 Å². The van der Waals surface area contributed by atoms with Crippen LogP contribution in [-0.2, 0) is 22.9 Å². The zero-order valence-electron chi connectivity index (χ0n) is 13.2. The van der Waals surface area contributed by atoms with Crippen LogP contribution in [0.1, 0.15) is 37.8 Å². The van der Waals surface area contributed by atoms with Gasteiger partial charge in [-0.2, -0.15) is 4.31 Å². The molecule has 0 spiro atoms. The molecular weight excluding hydrogens is 284 g/mol. The number of benzene rings is 1. The summed E-state index contributed by atoms with van der Waals surface area (Å²) in [5, 5.41) is 3.23. The predicted molar refractivity (Wildman–Crippen MR) is 86.0 cm³/mol. The van der Waals surface area contributed by atoms with Crippen LogP contribution in [0.3, 0.4) is 0 Å². The lowest BCUT2D eigenvalue weighted by Crippen LogP contribution is -2.43. The molecule has 118 valence electrons. The Labute approximate surface area is 128 Å². The van der Waals surface area contributed by atoms with Gasteiger partial charge in [0.2, 0.25) is 10.0 Å². The lowest BCUT2D eigenvalue weighted by molar-refractivity contribution is 0.298. The van der Waals surface area contributed by atoms with Crippen molar-refractivity contribution in [3.8, 4) is 0 Å². The Morgan fingerprint density at radius 2 is 1.76 bits per heavy atom. The van der Waals surface area contributed by atoms with Gasteiger partial charge in [-0.05, 0) is 56.0 Å². The van der Waals surface area contributed by atoms with Crippen LogP contribution in [0.25, 0.3) is 0 Å². The van der Waals surface area contributed by atoms with E-state index in [4.69, 9.17) is 0 Å². The van der Waals surface area contributed by atoms with E-state index in [-0.39, 0.29) is 0 Å². The van der Waals surface area contributed by atoms with E-state index in [1.165, 1.54) is 5.56 Å². The third kappa shape index (κ3) is 3.47. The topological polar surface area (TPSA) is 49.4 Å². The van der Waals surface area contributed by atoms with Crippen LogP contribution in [0.5, 0.6) is 0 Å². The number of aryl methyl sites for hydroxylation is 2. The molecule has 0 bridgehead atoms. The number of rotatable bonds is 5. The van der Waals surface area contributed by atoms with E-state index in [0.29, 0.717) is 24.0 Å². The van der Waals surface area contributed by atoms with Crippen molar-refractivity contribution in [2.75, 3.05) is 20.1 Å². The third-order valence-corrected chi connectivity index (χ3v) is 6.33. The molecule has 1 saturated heterocycles. The van der Waals surface area contributed by atoms with Crippen molar-refractivity contribution in [3.63, 3.8) is 0 Å². The molecule has 1 heterocycles. The second-order valence-corrected chi connectivity index (χ2v) is 7.54. The average Bonchev–Trinajstić information content (AvgIpc) is 2.54. The summed E-state index contributed by atoms with van der Waals surface area (Å²) in [4.78, 5) is 0.444. The molecule has 1 aromatic rings. The molecule has 0 radical (unpaired) electrons. The molecule has 4 nitrogen and oxygen atoms in total. The van der Waals surface area contributed by atoms with Gasteiger partial charge in [-0.3, -0.25) is 0 Å². The fourth-order valence-corrected chi connectivity index (χ4v) is 4.49. The summed E-state index contributed by atoms with van der Waals surface area (Å²) in [5.41, 5.74) is 2.38. The third-order valence-electron chi connectivity index (χ3n) is 4.44. The Kier molecular flexibility index (Phi) is 5.41. The normalized spacial score (nSPS) is 18.0. The minimum Gasteiger partial charge on any atom is -0.317 e. The zero-order chi connectivity index (χ0) is 15.5. The maximum atomic E-state index is 12.8. The molecule has 5 heteroatoms. The highest BCUT2D eigenvalue weighted by Crippen LogP contribution is 2.23. The smallest absolute Gasteiger partial charge is 0.243 e. The first-order valence-corrected chi connectivity index (χ1v) is 9.26. The second-order valence-electron chi connectivity index (χ2n) is 5.60. The van der Waals surface area contributed by atoms with Gasteiger partial charge in [0.1, 0.15) is 0 Å². The second kappa shape index (κ2) is 6.90. The fourth-order valence-electron chi connectivity index (χ4n) is 2.97. The van der Waals surface area contributed by atoms with Gasteiger partial charge in [0.15, 0.2) is 0 Å². The lowest BCUT2D eigenvalue weighted by Gasteiger charge is -2.31. The molecule has 0 atom stereocenters. The summed E-state index contributed by atoms with van der Waals surface area (Å²) >= 11 is 0. The van der Waals surface area contributed by atoms with Gasteiger partial charge in [-0.25, -0.2) is 8.42 Å². The first-order chi connectivity index (χ1) is 10.0. The summed E-state index contributed by atoms with van der Waals surface area (Å²) in [6.45, 7) is 5.38. The van der Waals surface area contributed by atoms with Crippen molar-refractivity contribution < 1.29 is 8.42 Å². The molecule has 0 saturated carbocycles. The van der Waals surface area contributed by atoms with Gasteiger partial charge < -0.3 is 5.32 Å². The van der Waals surface area contributed by atoms with Gasteiger partial charge in [-0.15, -0.1) is 0 Å². The van der Waals surface area contributed by atoms with Gasteiger partial charge in [0.05, 0.1) is 4.90 Å². The molecule has 1 aliphatic rings. The molecule has 1 fully saturated rings. The van der Waals surface area contributed by atoms with Crippen molar-refractivity contribution in [1.29, 1.82) is 0 Å². The first kappa shape index (κ1) is 16.5. The van der Waals surface area contributed by atoms with E-state index < -0.39 is 10.0 Å². The number of hydrogen-bond donors (Lipinski definition) is 1. The fraction of sp³-hybridized carbons (Fsp3) is 0.625. The molecule has 1 aromatic carbocycles. The molecule has 0 amide bonds. The molecule has 21 heavy (non-hydrogen) atoms. The van der Waals surface area contributed by atoms with Gasteiger partial charge in [-0.1, -0.05) is 19.9 Å². The summed E-state index contributed by atoms with van der Waals surface area (Å²) in [6, 6.07) is 6.02. The molecule has 0 unspecified atom stereocenters. The minimum atomic E-state index is -3.35. The van der Waals surface area contributed by atoms with Gasteiger partial charge in [0.25, 0.3) is 0 Å². The largest absolute Gasteiger partial charge is 0.317 e. The highest BCUT2D eigenvalue weighted by molar-refractivity contribution is 7.89. The summed E-state index contributed by atoms with van der Waals surface area (Å²) in [6.07, 6.45) is 3.57. The SMILES string of the molecule is CCc1ccc(S(=O)(=O)N2CCC(NC)CC2)cc1CC. The molecule has 0 aromatic heterocycles. The van der Waals surface area contributed by atoms with Crippen molar-refractivity contribution in [2.45, 2.75) is 50.5 Å². The number of nitrogens with one attached hydrogen (secondary N) is 1. The van der Waals surface area contributed by atoms with Crippen LogP contribution < -0.4 is 5.32 Å². The molecule has 1 N–H and O–H groups in total. The number of piperidine rings is 1. The van der Waals surface area contributed by atoms with E-state index >= 15 is 0 Å². The van der Waals surface area contributed by atoms with Gasteiger partial charge in [0, 0.05) is 19.1 Å². The Bertz CT molecular complexity index is 576. The van der Waals surface area contributed by atoms with E-state index in [9.17, 15) is 8.42 Å². The van der Waals surface area contributed by atoms with Crippen molar-refractivity contribution in [1.82, 2.24) is 9.62 Å². The van der Waals surface area contributed by atoms with E-state index in [1.54, 1.807) is 10.4 Å². The van der Waals surface area contributed by atoms with E-state index in [0.717, 1.165) is 31.2 Å². The summed E-state index contributed by atoms with van der Waals surface area (Å²) < 4.78 is 27.1.